The SMILES string of the molecule is COC(=O)c1cc(NC(=O)c2ccc(Cc3c(C)c(C)c(C)c(C)c3C)o2)cc(C(=O)OC)c1. The van der Waals surface area contributed by atoms with Gasteiger partial charge < -0.3 is 19.2 Å². The van der Waals surface area contributed by atoms with Gasteiger partial charge in [-0.2, -0.15) is 0 Å². The number of amides is 1. The molecule has 0 aliphatic rings. The van der Waals surface area contributed by atoms with Crippen molar-refractivity contribution in [2.45, 2.75) is 41.0 Å². The largest absolute Gasteiger partial charge is 0.465 e. The van der Waals surface area contributed by atoms with Crippen LogP contribution in [0.2, 0.25) is 0 Å². The van der Waals surface area contributed by atoms with E-state index in [0.717, 1.165) is 0 Å². The topological polar surface area (TPSA) is 94.8 Å². The lowest BCUT2D eigenvalue weighted by Gasteiger charge is -2.18. The smallest absolute Gasteiger partial charge is 0.337 e. The van der Waals surface area contributed by atoms with E-state index in [2.05, 4.69) is 39.9 Å². The van der Waals surface area contributed by atoms with Gasteiger partial charge >= 0.3 is 11.9 Å². The second-order valence-corrected chi connectivity index (χ2v) is 8.28. The van der Waals surface area contributed by atoms with Crippen LogP contribution in [0.3, 0.4) is 0 Å². The van der Waals surface area contributed by atoms with E-state index in [1.54, 1.807) is 12.1 Å². The Labute approximate surface area is 199 Å². The summed E-state index contributed by atoms with van der Waals surface area (Å²) in [6, 6.07) is 7.57. The number of benzene rings is 2. The van der Waals surface area contributed by atoms with E-state index in [9.17, 15) is 14.4 Å². The van der Waals surface area contributed by atoms with E-state index >= 15 is 0 Å². The number of hydrogen-bond acceptors (Lipinski definition) is 6. The van der Waals surface area contributed by atoms with E-state index < -0.39 is 17.8 Å². The highest BCUT2D eigenvalue weighted by Crippen LogP contribution is 2.28. The van der Waals surface area contributed by atoms with Gasteiger partial charge in [0.2, 0.25) is 0 Å². The Balaban J connectivity index is 1.86. The van der Waals surface area contributed by atoms with E-state index in [-0.39, 0.29) is 22.6 Å². The molecule has 1 N–H and O–H groups in total. The van der Waals surface area contributed by atoms with Crippen molar-refractivity contribution in [3.05, 3.63) is 86.4 Å². The van der Waals surface area contributed by atoms with E-state index in [4.69, 9.17) is 13.9 Å². The normalized spacial score (nSPS) is 10.7. The van der Waals surface area contributed by atoms with Gasteiger partial charge in [0.25, 0.3) is 5.91 Å². The van der Waals surface area contributed by atoms with Crippen LogP contribution in [-0.2, 0) is 15.9 Å². The highest BCUT2D eigenvalue weighted by atomic mass is 16.5. The van der Waals surface area contributed by atoms with Crippen molar-refractivity contribution in [3.8, 4) is 0 Å². The molecule has 7 heteroatoms. The second-order valence-electron chi connectivity index (χ2n) is 8.28. The molecule has 0 fully saturated rings. The van der Waals surface area contributed by atoms with Crippen LogP contribution < -0.4 is 5.32 Å². The van der Waals surface area contributed by atoms with Crippen molar-refractivity contribution in [2.24, 2.45) is 0 Å². The number of carbonyl (C=O) groups is 3. The van der Waals surface area contributed by atoms with Crippen molar-refractivity contribution >= 4 is 23.5 Å². The summed E-state index contributed by atoms with van der Waals surface area (Å²) >= 11 is 0. The van der Waals surface area contributed by atoms with Crippen LogP contribution in [0.1, 0.15) is 70.4 Å². The quantitative estimate of drug-likeness (QED) is 0.503. The number of carbonyl (C=O) groups excluding carboxylic acids is 3. The van der Waals surface area contributed by atoms with Crippen molar-refractivity contribution in [1.29, 1.82) is 0 Å². The lowest BCUT2D eigenvalue weighted by Crippen LogP contribution is -2.13. The average Bonchev–Trinajstić information content (AvgIpc) is 3.31. The first kappa shape index (κ1) is 24.8. The minimum atomic E-state index is -0.643. The molecular weight excluding hydrogens is 434 g/mol. The number of anilines is 1. The Hall–Kier alpha value is -3.87. The third-order valence-electron chi connectivity index (χ3n) is 6.42. The Bertz CT molecular complexity index is 1220. The summed E-state index contributed by atoms with van der Waals surface area (Å²) in [6.07, 6.45) is 0.567. The maximum absolute atomic E-state index is 12.8. The van der Waals surface area contributed by atoms with Gasteiger partial charge in [-0.05, 0) is 98.3 Å². The molecule has 3 aromatic rings. The molecule has 7 nitrogen and oxygen atoms in total. The van der Waals surface area contributed by atoms with Gasteiger partial charge in [0, 0.05) is 12.1 Å². The first-order valence-corrected chi connectivity index (χ1v) is 10.8. The molecule has 3 rings (SSSR count). The molecule has 0 atom stereocenters. The Kier molecular flexibility index (Phi) is 7.25. The fraction of sp³-hybridized carbons (Fsp3) is 0.296. The Morgan fingerprint density at radius 3 is 1.76 bits per heavy atom. The third-order valence-corrected chi connectivity index (χ3v) is 6.42. The van der Waals surface area contributed by atoms with Crippen molar-refractivity contribution < 1.29 is 28.3 Å². The van der Waals surface area contributed by atoms with Gasteiger partial charge in [0.1, 0.15) is 5.76 Å². The molecule has 0 spiro atoms. The molecular formula is C27H29NO6. The van der Waals surface area contributed by atoms with Crippen molar-refractivity contribution in [3.63, 3.8) is 0 Å². The van der Waals surface area contributed by atoms with E-state index in [1.807, 2.05) is 0 Å². The van der Waals surface area contributed by atoms with Crippen molar-refractivity contribution in [1.82, 2.24) is 0 Å². The molecule has 0 bridgehead atoms. The highest BCUT2D eigenvalue weighted by molar-refractivity contribution is 6.04. The predicted molar refractivity (Wildman–Crippen MR) is 129 cm³/mol. The molecule has 0 saturated heterocycles. The molecule has 0 saturated carbocycles. The zero-order valence-electron chi connectivity index (χ0n) is 20.5. The van der Waals surface area contributed by atoms with Crippen molar-refractivity contribution in [2.75, 3.05) is 19.5 Å². The predicted octanol–water partition coefficient (Wildman–Crippen LogP) is 5.24. The fourth-order valence-corrected chi connectivity index (χ4v) is 3.98. The van der Waals surface area contributed by atoms with E-state index in [0.29, 0.717) is 12.2 Å². The number of furan rings is 1. The minimum absolute atomic E-state index is 0.108. The summed E-state index contributed by atoms with van der Waals surface area (Å²) in [5.41, 5.74) is 7.89. The molecule has 34 heavy (non-hydrogen) atoms. The molecule has 0 aliphatic heterocycles. The second kappa shape index (κ2) is 9.95. The lowest BCUT2D eigenvalue weighted by atomic mass is 9.88. The summed E-state index contributed by atoms with van der Waals surface area (Å²) in [4.78, 5) is 36.8. The van der Waals surface area contributed by atoms with Crippen LogP contribution in [0.4, 0.5) is 5.69 Å². The number of methoxy groups -OCH3 is 2. The molecule has 1 aromatic heterocycles. The molecule has 1 heterocycles. The summed E-state index contributed by atoms with van der Waals surface area (Å²) in [5.74, 6) is -1.01. The first-order chi connectivity index (χ1) is 16.1. The van der Waals surface area contributed by atoms with Crippen LogP contribution in [0.25, 0.3) is 0 Å². The summed E-state index contributed by atoms with van der Waals surface area (Å²) in [7, 11) is 2.46. The van der Waals surface area contributed by atoms with Crippen LogP contribution in [0.15, 0.2) is 34.7 Å². The molecule has 178 valence electrons. The maximum atomic E-state index is 12.8. The number of esters is 2. The minimum Gasteiger partial charge on any atom is -0.465 e. The Morgan fingerprint density at radius 1 is 0.765 bits per heavy atom. The van der Waals surface area contributed by atoms with Gasteiger partial charge in [-0.3, -0.25) is 4.79 Å². The number of nitrogens with one attached hydrogen (secondary N) is 1. The maximum Gasteiger partial charge on any atom is 0.337 e. The zero-order chi connectivity index (χ0) is 25.2. The fourth-order valence-electron chi connectivity index (χ4n) is 3.98. The molecule has 2 aromatic carbocycles. The highest BCUT2D eigenvalue weighted by Gasteiger charge is 2.18. The van der Waals surface area contributed by atoms with E-state index in [1.165, 1.54) is 65.8 Å². The van der Waals surface area contributed by atoms with Gasteiger partial charge in [-0.15, -0.1) is 0 Å². The zero-order valence-corrected chi connectivity index (χ0v) is 20.5. The van der Waals surface area contributed by atoms with Gasteiger partial charge in [-0.1, -0.05) is 0 Å². The van der Waals surface area contributed by atoms with Crippen LogP contribution in [-0.4, -0.2) is 32.1 Å². The number of ether oxygens (including phenoxy) is 2. The lowest BCUT2D eigenvalue weighted by molar-refractivity contribution is 0.0599. The number of hydrogen-bond donors (Lipinski definition) is 1. The summed E-state index contributed by atoms with van der Waals surface area (Å²) < 4.78 is 15.3. The van der Waals surface area contributed by atoms with Crippen LogP contribution >= 0.6 is 0 Å². The molecule has 0 unspecified atom stereocenters. The summed E-state index contributed by atoms with van der Waals surface area (Å²) in [6.45, 7) is 10.6. The summed E-state index contributed by atoms with van der Waals surface area (Å²) in [5, 5.41) is 2.67. The molecule has 0 aliphatic carbocycles. The van der Waals surface area contributed by atoms with Gasteiger partial charge in [0.05, 0.1) is 25.3 Å². The molecule has 0 radical (unpaired) electrons. The average molecular weight is 464 g/mol. The van der Waals surface area contributed by atoms with Crippen LogP contribution in [0, 0.1) is 34.6 Å². The van der Waals surface area contributed by atoms with Gasteiger partial charge in [0.15, 0.2) is 5.76 Å². The third kappa shape index (κ3) is 4.88. The first-order valence-electron chi connectivity index (χ1n) is 10.8. The Morgan fingerprint density at radius 2 is 1.26 bits per heavy atom. The standard InChI is InChI=1S/C27H29NO6/c1-14-15(2)17(4)23(18(5)16(14)3)13-22-8-9-24(34-22)25(29)28-21-11-19(26(30)32-6)10-20(12-21)27(31)33-7/h8-12H,13H2,1-7H3,(H,28,29). The number of rotatable bonds is 6. The molecule has 1 amide bonds. The monoisotopic (exact) mass is 463 g/mol. The van der Waals surface area contributed by atoms with Crippen LogP contribution in [0.5, 0.6) is 0 Å². The van der Waals surface area contributed by atoms with Gasteiger partial charge in [-0.25, -0.2) is 9.59 Å².